The molecule has 1 aromatic carbocycles. The molecule has 0 unspecified atom stereocenters. The molecule has 4 heteroatoms. The van der Waals surface area contributed by atoms with Gasteiger partial charge >= 0.3 is 0 Å². The normalized spacial score (nSPS) is 11.2. The van der Waals surface area contributed by atoms with Crippen molar-refractivity contribution in [2.75, 3.05) is 5.73 Å². The number of para-hydroxylation sites is 1. The molecule has 2 aromatic rings. The Morgan fingerprint density at radius 1 is 1.27 bits per heavy atom. The molecule has 0 fully saturated rings. The molecule has 0 aliphatic heterocycles. The maximum Gasteiger partial charge on any atom is 0.135 e. The lowest BCUT2D eigenvalue weighted by molar-refractivity contribution is 0.785. The van der Waals surface area contributed by atoms with Gasteiger partial charge in [-0.15, -0.1) is 0 Å². The van der Waals surface area contributed by atoms with Crippen LogP contribution in [0.2, 0.25) is 0 Å². The minimum Gasteiger partial charge on any atom is -0.383 e. The van der Waals surface area contributed by atoms with Gasteiger partial charge in [-0.25, -0.2) is 9.97 Å². The predicted molar refractivity (Wildman–Crippen MR) is 65.7 cm³/mol. The minimum absolute atomic E-state index is 0.281. The third kappa shape index (κ3) is 1.81. The van der Waals surface area contributed by atoms with Gasteiger partial charge in [0, 0.05) is 15.8 Å². The summed E-state index contributed by atoms with van der Waals surface area (Å²) >= 11 is 3.47. The molecule has 1 aromatic heterocycles. The molecule has 3 nitrogen and oxygen atoms in total. The highest BCUT2D eigenvalue weighted by Crippen LogP contribution is 2.26. The molecule has 2 N–H and O–H groups in total. The van der Waals surface area contributed by atoms with Gasteiger partial charge in [0.05, 0.1) is 5.52 Å². The number of nitrogens with zero attached hydrogens (tertiary/aromatic N) is 2. The fraction of sp³-hybridized carbons (Fsp3) is 0.273. The zero-order valence-electron chi connectivity index (χ0n) is 8.66. The third-order valence-corrected chi connectivity index (χ3v) is 2.88. The first-order valence-electron chi connectivity index (χ1n) is 4.81. The molecular weight excluding hydrogens is 254 g/mol. The highest BCUT2D eigenvalue weighted by molar-refractivity contribution is 9.10. The highest BCUT2D eigenvalue weighted by atomic mass is 79.9. The van der Waals surface area contributed by atoms with Crippen molar-refractivity contribution in [2.45, 2.75) is 19.8 Å². The van der Waals surface area contributed by atoms with E-state index in [-0.39, 0.29) is 5.92 Å². The van der Waals surface area contributed by atoms with E-state index in [2.05, 4.69) is 39.7 Å². The summed E-state index contributed by atoms with van der Waals surface area (Å²) in [6.07, 6.45) is 0. The number of aromatic nitrogens is 2. The van der Waals surface area contributed by atoms with Crippen molar-refractivity contribution < 1.29 is 0 Å². The molecule has 0 amide bonds. The van der Waals surface area contributed by atoms with Crippen molar-refractivity contribution in [3.63, 3.8) is 0 Å². The van der Waals surface area contributed by atoms with E-state index in [9.17, 15) is 0 Å². The Bertz CT molecular complexity index is 508. The van der Waals surface area contributed by atoms with Gasteiger partial charge in [-0.2, -0.15) is 0 Å². The summed E-state index contributed by atoms with van der Waals surface area (Å²) in [6, 6.07) is 5.82. The third-order valence-electron chi connectivity index (χ3n) is 2.24. The van der Waals surface area contributed by atoms with Crippen LogP contribution in [0.3, 0.4) is 0 Å². The van der Waals surface area contributed by atoms with Crippen LogP contribution in [-0.2, 0) is 0 Å². The Labute approximate surface area is 96.9 Å². The van der Waals surface area contributed by atoms with Gasteiger partial charge in [-0.1, -0.05) is 19.9 Å². The Balaban J connectivity index is 2.80. The number of anilines is 1. The molecule has 0 spiro atoms. The lowest BCUT2D eigenvalue weighted by atomic mass is 10.2. The number of nitrogen functional groups attached to an aromatic ring is 1. The van der Waals surface area contributed by atoms with Crippen LogP contribution < -0.4 is 5.73 Å². The van der Waals surface area contributed by atoms with Crippen LogP contribution in [0.4, 0.5) is 5.82 Å². The first kappa shape index (κ1) is 10.4. The van der Waals surface area contributed by atoms with Crippen LogP contribution in [0.25, 0.3) is 10.9 Å². The zero-order valence-corrected chi connectivity index (χ0v) is 10.2. The Hall–Kier alpha value is -1.16. The van der Waals surface area contributed by atoms with Gasteiger partial charge in [0.2, 0.25) is 0 Å². The lowest BCUT2D eigenvalue weighted by Crippen LogP contribution is -2.02. The van der Waals surface area contributed by atoms with Crippen molar-refractivity contribution in [3.8, 4) is 0 Å². The standard InChI is InChI=1S/C11H12BrN3/c1-6(2)11-14-9-7(10(13)15-11)4-3-5-8(9)12/h3-6H,1-2H3,(H2,13,14,15). The minimum atomic E-state index is 0.281. The van der Waals surface area contributed by atoms with Crippen LogP contribution in [0.15, 0.2) is 22.7 Å². The Kier molecular flexibility index (Phi) is 2.61. The quantitative estimate of drug-likeness (QED) is 0.862. The van der Waals surface area contributed by atoms with E-state index in [1.165, 1.54) is 0 Å². The number of nitrogens with two attached hydrogens (primary N) is 1. The Morgan fingerprint density at radius 3 is 2.67 bits per heavy atom. The zero-order chi connectivity index (χ0) is 11.0. The average Bonchev–Trinajstić information content (AvgIpc) is 2.19. The van der Waals surface area contributed by atoms with Crippen LogP contribution in [-0.4, -0.2) is 9.97 Å². The summed E-state index contributed by atoms with van der Waals surface area (Å²) in [5.41, 5.74) is 6.77. The summed E-state index contributed by atoms with van der Waals surface area (Å²) in [6.45, 7) is 4.11. The summed E-state index contributed by atoms with van der Waals surface area (Å²) in [5.74, 6) is 1.61. The van der Waals surface area contributed by atoms with Crippen LogP contribution in [0, 0.1) is 0 Å². The monoisotopic (exact) mass is 265 g/mol. The fourth-order valence-electron chi connectivity index (χ4n) is 1.42. The molecular formula is C11H12BrN3. The maximum absolute atomic E-state index is 5.89. The first-order chi connectivity index (χ1) is 7.09. The average molecular weight is 266 g/mol. The lowest BCUT2D eigenvalue weighted by Gasteiger charge is -2.08. The highest BCUT2D eigenvalue weighted by Gasteiger charge is 2.09. The molecule has 0 aliphatic carbocycles. The van der Waals surface area contributed by atoms with Gasteiger partial charge in [0.1, 0.15) is 11.6 Å². The van der Waals surface area contributed by atoms with E-state index < -0.39 is 0 Å². The fourth-order valence-corrected chi connectivity index (χ4v) is 1.87. The second-order valence-electron chi connectivity index (χ2n) is 3.76. The van der Waals surface area contributed by atoms with E-state index >= 15 is 0 Å². The summed E-state index contributed by atoms with van der Waals surface area (Å²) in [7, 11) is 0. The SMILES string of the molecule is CC(C)c1nc(N)c2cccc(Br)c2n1. The Morgan fingerprint density at radius 2 is 2.00 bits per heavy atom. The second kappa shape index (κ2) is 3.77. The topological polar surface area (TPSA) is 51.8 Å². The molecule has 0 atom stereocenters. The van der Waals surface area contributed by atoms with Crippen molar-refractivity contribution in [1.82, 2.24) is 9.97 Å². The predicted octanol–water partition coefficient (Wildman–Crippen LogP) is 3.10. The van der Waals surface area contributed by atoms with E-state index in [0.717, 1.165) is 21.2 Å². The molecule has 0 bridgehead atoms. The molecule has 78 valence electrons. The number of rotatable bonds is 1. The molecule has 1 heterocycles. The van der Waals surface area contributed by atoms with Crippen LogP contribution in [0.1, 0.15) is 25.6 Å². The van der Waals surface area contributed by atoms with Crippen molar-refractivity contribution >= 4 is 32.7 Å². The van der Waals surface area contributed by atoms with Gasteiger partial charge in [-0.05, 0) is 28.1 Å². The van der Waals surface area contributed by atoms with Gasteiger partial charge in [0.25, 0.3) is 0 Å². The summed E-state index contributed by atoms with van der Waals surface area (Å²) in [5, 5.41) is 0.897. The summed E-state index contributed by atoms with van der Waals surface area (Å²) < 4.78 is 0.955. The number of halogens is 1. The molecule has 0 radical (unpaired) electrons. The van der Waals surface area contributed by atoms with E-state index in [1.54, 1.807) is 0 Å². The van der Waals surface area contributed by atoms with Gasteiger partial charge in [0.15, 0.2) is 0 Å². The van der Waals surface area contributed by atoms with Crippen molar-refractivity contribution in [2.24, 2.45) is 0 Å². The van der Waals surface area contributed by atoms with Crippen molar-refractivity contribution in [3.05, 3.63) is 28.5 Å². The number of fused-ring (bicyclic) bond motifs is 1. The van der Waals surface area contributed by atoms with Crippen molar-refractivity contribution in [1.29, 1.82) is 0 Å². The largest absolute Gasteiger partial charge is 0.383 e. The first-order valence-corrected chi connectivity index (χ1v) is 5.60. The number of hydrogen-bond acceptors (Lipinski definition) is 3. The summed E-state index contributed by atoms with van der Waals surface area (Å²) in [4.78, 5) is 8.78. The van der Waals surface area contributed by atoms with E-state index in [4.69, 9.17) is 5.73 Å². The van der Waals surface area contributed by atoms with Gasteiger partial charge < -0.3 is 5.73 Å². The van der Waals surface area contributed by atoms with Crippen LogP contribution in [0.5, 0.6) is 0 Å². The van der Waals surface area contributed by atoms with E-state index in [1.807, 2.05) is 18.2 Å². The second-order valence-corrected chi connectivity index (χ2v) is 4.61. The molecule has 0 saturated carbocycles. The molecule has 0 aliphatic rings. The van der Waals surface area contributed by atoms with E-state index in [0.29, 0.717) is 5.82 Å². The number of hydrogen-bond donors (Lipinski definition) is 1. The van der Waals surface area contributed by atoms with Crippen LogP contribution >= 0.6 is 15.9 Å². The molecule has 0 saturated heterocycles. The maximum atomic E-state index is 5.89. The molecule has 15 heavy (non-hydrogen) atoms. The smallest absolute Gasteiger partial charge is 0.135 e. The van der Waals surface area contributed by atoms with Gasteiger partial charge in [-0.3, -0.25) is 0 Å². The number of benzene rings is 1. The molecule has 2 rings (SSSR count).